The van der Waals surface area contributed by atoms with E-state index in [2.05, 4.69) is 0 Å². The first-order valence-corrected chi connectivity index (χ1v) is 2.24. The molecular weight excluding hydrogens is 325 g/mol. The smallest absolute Gasteiger partial charge is 0.870 e. The maximum absolute atomic E-state index is 9.63. The molecule has 0 radical (unpaired) electrons. The van der Waals surface area contributed by atoms with Gasteiger partial charge in [0.15, 0.2) is 0 Å². The molecule has 2 unspecified atom stereocenters. The van der Waals surface area contributed by atoms with Crippen LogP contribution in [-0.2, 0) is 9.59 Å². The number of carbonyl (C=O) groups is 2. The van der Waals surface area contributed by atoms with Gasteiger partial charge in [-0.15, -0.1) is 0 Å². The van der Waals surface area contributed by atoms with E-state index in [4.69, 9.17) is 10.2 Å². The summed E-state index contributed by atoms with van der Waals surface area (Å²) in [5.41, 5.74) is 0. The molecule has 19 heavy (non-hydrogen) atoms. The topological polar surface area (TPSA) is 308 Å². The Kier molecular flexibility index (Phi) is 134. The summed E-state index contributed by atoms with van der Waals surface area (Å²) >= 11 is 0. The third-order valence-corrected chi connectivity index (χ3v) is 0.782. The zero-order valence-electron chi connectivity index (χ0n) is 10.6. The first-order valence-electron chi connectivity index (χ1n) is 2.24. The number of aliphatic carboxylic acids is 2. The van der Waals surface area contributed by atoms with Crippen LogP contribution in [0.5, 0.6) is 0 Å². The molecule has 0 aliphatic heterocycles. The molecule has 106 valence electrons. The molecule has 0 aromatic carbocycles. The predicted octanol–water partition coefficient (Wildman–Crippen LogP) is -18.1. The molecule has 0 aromatic heterocycles. The molecule has 0 spiro atoms. The third kappa shape index (κ3) is 33.2. The van der Waals surface area contributed by atoms with Gasteiger partial charge in [0, 0.05) is 0 Å². The molecule has 0 aliphatic carbocycles. The minimum atomic E-state index is -2.44. The summed E-state index contributed by atoms with van der Waals surface area (Å²) in [7, 11) is 0. The van der Waals surface area contributed by atoms with Gasteiger partial charge in [0.25, 0.3) is 0 Å². The van der Waals surface area contributed by atoms with Gasteiger partial charge in [0.1, 0.15) is 12.2 Å². The van der Waals surface area contributed by atoms with E-state index in [1.165, 1.54) is 0 Å². The molecule has 0 amide bonds. The Labute approximate surface area is 194 Å². The minimum Gasteiger partial charge on any atom is -0.870 e. The molecule has 0 heterocycles. The van der Waals surface area contributed by atoms with Gasteiger partial charge in [-0.25, -0.2) is 0 Å². The monoisotopic (exact) mass is 340 g/mol. The zero-order valence-corrected chi connectivity index (χ0v) is 17.8. The summed E-state index contributed by atoms with van der Waals surface area (Å²) < 4.78 is 0. The zero-order chi connectivity index (χ0) is 8.31. The normalized spacial score (nSPS) is 8.32. The van der Waals surface area contributed by atoms with E-state index in [0.29, 0.717) is 0 Å². The fraction of sp³-hybridized carbons (Fsp3) is 0.500. The molecular formula is C4H15KNa2O12. The number of aliphatic hydroxyl groups excluding tert-OH is 2. The molecule has 0 saturated heterocycles. The van der Waals surface area contributed by atoms with Crippen molar-refractivity contribution in [2.75, 3.05) is 0 Å². The first-order chi connectivity index (χ1) is 4.46. The molecule has 15 heteroatoms. The van der Waals surface area contributed by atoms with Crippen molar-refractivity contribution in [3.63, 3.8) is 0 Å². The first kappa shape index (κ1) is 68.8. The van der Waals surface area contributed by atoms with Crippen molar-refractivity contribution in [2.45, 2.75) is 12.2 Å². The minimum absolute atomic E-state index is 0. The second-order valence-corrected chi connectivity index (χ2v) is 1.53. The maximum atomic E-state index is 9.63. The van der Waals surface area contributed by atoms with Crippen LogP contribution >= 0.6 is 0 Å². The van der Waals surface area contributed by atoms with Gasteiger partial charge in [0.2, 0.25) is 0 Å². The quantitative estimate of drug-likeness (QED) is 0.466. The second-order valence-electron chi connectivity index (χ2n) is 1.53. The van der Waals surface area contributed by atoms with E-state index < -0.39 is 24.1 Å². The van der Waals surface area contributed by atoms with Crippen molar-refractivity contribution in [1.82, 2.24) is 0 Å². The van der Waals surface area contributed by atoms with Crippen molar-refractivity contribution in [1.29, 1.82) is 0 Å². The van der Waals surface area contributed by atoms with Gasteiger partial charge < -0.3 is 62.9 Å². The van der Waals surface area contributed by atoms with Gasteiger partial charge in [-0.3, -0.25) is 0 Å². The number of hydrogen-bond donors (Lipinski definition) is 2. The predicted molar refractivity (Wildman–Crippen MR) is 42.0 cm³/mol. The van der Waals surface area contributed by atoms with Crippen molar-refractivity contribution >= 4 is 11.9 Å². The average Bonchev–Trinajstić information content (AvgIpc) is 1.84. The molecule has 13 N–H and O–H groups in total. The number of hydrogen-bond acceptors (Lipinski definition) is 7. The SMILES string of the molecule is O.O.O.O.O.O=C([O-])C(O)C(O)C(=O)[O-].[K+].[Na+].[Na+].[OH-]. The Morgan fingerprint density at radius 2 is 0.842 bits per heavy atom. The molecule has 12 nitrogen and oxygen atoms in total. The van der Waals surface area contributed by atoms with E-state index in [9.17, 15) is 19.8 Å². The Balaban J connectivity index is -0.0000000112. The van der Waals surface area contributed by atoms with Crippen LogP contribution in [0.4, 0.5) is 0 Å². The maximum Gasteiger partial charge on any atom is 1.00 e. The average molecular weight is 340 g/mol. The van der Waals surface area contributed by atoms with Crippen molar-refractivity contribution < 1.29 is 173 Å². The van der Waals surface area contributed by atoms with E-state index >= 15 is 0 Å². The third-order valence-electron chi connectivity index (χ3n) is 0.782. The molecule has 2 atom stereocenters. The van der Waals surface area contributed by atoms with Crippen molar-refractivity contribution in [3.05, 3.63) is 0 Å². The van der Waals surface area contributed by atoms with E-state index in [1.807, 2.05) is 0 Å². The van der Waals surface area contributed by atoms with Gasteiger partial charge in [0.05, 0.1) is 11.9 Å². The Bertz CT molecular complexity index is 152. The van der Waals surface area contributed by atoms with Gasteiger partial charge in [-0.1, -0.05) is 0 Å². The van der Waals surface area contributed by atoms with Crippen LogP contribution < -0.4 is 121 Å². The van der Waals surface area contributed by atoms with Gasteiger partial charge in [-0.2, -0.15) is 0 Å². The summed E-state index contributed by atoms with van der Waals surface area (Å²) in [4.78, 5) is 19.3. The Morgan fingerprint density at radius 3 is 0.895 bits per heavy atom. The summed E-state index contributed by atoms with van der Waals surface area (Å²) in [6, 6.07) is 0. The van der Waals surface area contributed by atoms with E-state index in [-0.39, 0.29) is 143 Å². The standard InChI is InChI=1S/C4H6O6.K.2Na.6H2O/c5-1(3(7)8)2(6)4(9)10;;;;;;;;;/h1-2,5-6H,(H,7,8)(H,9,10);;;;6*1H2/q;3*+1;;;;;;/p-3. The van der Waals surface area contributed by atoms with Crippen molar-refractivity contribution in [2.24, 2.45) is 0 Å². The van der Waals surface area contributed by atoms with Crippen molar-refractivity contribution in [3.8, 4) is 0 Å². The Hall–Kier alpha value is 2.26. The van der Waals surface area contributed by atoms with Crippen LogP contribution in [0, 0.1) is 0 Å². The molecule has 0 saturated carbocycles. The fourth-order valence-electron chi connectivity index (χ4n) is 0.258. The van der Waals surface area contributed by atoms with Gasteiger partial charge in [-0.05, 0) is 0 Å². The molecule has 0 rings (SSSR count). The fourth-order valence-corrected chi connectivity index (χ4v) is 0.258. The molecule has 0 fully saturated rings. The van der Waals surface area contributed by atoms with Crippen LogP contribution in [0.25, 0.3) is 0 Å². The van der Waals surface area contributed by atoms with Crippen LogP contribution in [0.2, 0.25) is 0 Å². The molecule has 0 aliphatic rings. The second kappa shape index (κ2) is 37.0. The number of carboxylic acids is 2. The van der Waals surface area contributed by atoms with Gasteiger partial charge >= 0.3 is 110 Å². The number of carboxylic acid groups (broad SMARTS) is 2. The summed E-state index contributed by atoms with van der Waals surface area (Å²) in [6.45, 7) is 0. The summed E-state index contributed by atoms with van der Waals surface area (Å²) in [6.07, 6.45) is -4.88. The van der Waals surface area contributed by atoms with Crippen LogP contribution in [0.3, 0.4) is 0 Å². The van der Waals surface area contributed by atoms with E-state index in [0.717, 1.165) is 0 Å². The van der Waals surface area contributed by atoms with Crippen LogP contribution in [0.15, 0.2) is 0 Å². The summed E-state index contributed by atoms with van der Waals surface area (Å²) in [5.74, 6) is -4.12. The number of carbonyl (C=O) groups excluding carboxylic acids is 2. The molecule has 0 aromatic rings. The molecule has 0 bridgehead atoms. The van der Waals surface area contributed by atoms with Crippen LogP contribution in [0.1, 0.15) is 0 Å². The van der Waals surface area contributed by atoms with E-state index in [1.54, 1.807) is 0 Å². The summed E-state index contributed by atoms with van der Waals surface area (Å²) in [5, 5.41) is 35.7. The largest absolute Gasteiger partial charge is 1.00 e. The number of aliphatic hydroxyl groups is 2. The van der Waals surface area contributed by atoms with Crippen LogP contribution in [-0.4, -0.2) is 67.2 Å². The Morgan fingerprint density at radius 1 is 0.737 bits per heavy atom. The number of rotatable bonds is 3.